The third-order valence-electron chi connectivity index (χ3n) is 0.461. The van der Waals surface area contributed by atoms with Crippen molar-refractivity contribution in [1.29, 1.82) is 0 Å². The Balaban J connectivity index is 2.45. The highest BCUT2D eigenvalue weighted by Gasteiger charge is 1.97. The first-order chi connectivity index (χ1) is 2.89. The summed E-state index contributed by atoms with van der Waals surface area (Å²) in [6, 6.07) is 0. The maximum Gasteiger partial charge on any atom is 0.194 e. The lowest BCUT2D eigenvalue weighted by Crippen LogP contribution is -2.03. The average Bonchev–Trinajstić information content (AvgIpc) is 1.86. The third kappa shape index (κ3) is 0.725. The molecule has 0 spiro atoms. The van der Waals surface area contributed by atoms with E-state index in [9.17, 15) is 0 Å². The molecule has 0 saturated carbocycles. The molecule has 2 nitrogen and oxygen atoms in total. The molecule has 33 valence electrons. The maximum atomic E-state index is 4.62. The average molecular weight is 149 g/mol. The van der Waals surface area contributed by atoms with Gasteiger partial charge in [-0.1, -0.05) is 0 Å². The predicted molar refractivity (Wildman–Crippen MR) is 24.8 cm³/mol. The lowest BCUT2D eigenvalue weighted by atomic mass is 10.7. The van der Waals surface area contributed by atoms with Gasteiger partial charge in [-0.2, -0.15) is 5.48 Å². The van der Waals surface area contributed by atoms with Gasteiger partial charge >= 0.3 is 0 Å². The zero-order chi connectivity index (χ0) is 4.41. The van der Waals surface area contributed by atoms with Crippen molar-refractivity contribution in [2.45, 2.75) is 0 Å². The van der Waals surface area contributed by atoms with Gasteiger partial charge in [0.25, 0.3) is 0 Å². The molecular weight excluding hydrogens is 146 g/mol. The van der Waals surface area contributed by atoms with E-state index in [1.807, 2.05) is 0 Å². The minimum absolute atomic E-state index is 0.655. The monoisotopic (exact) mass is 148 g/mol. The van der Waals surface area contributed by atoms with E-state index < -0.39 is 0 Å². The highest BCUT2D eigenvalue weighted by atomic mass is 79.9. The molecule has 1 heterocycles. The number of halogens is 1. The maximum absolute atomic E-state index is 4.62. The van der Waals surface area contributed by atoms with E-state index in [-0.39, 0.29) is 0 Å². The second-order valence-corrected chi connectivity index (χ2v) is 1.59. The van der Waals surface area contributed by atoms with E-state index in [0.29, 0.717) is 11.2 Å². The summed E-state index contributed by atoms with van der Waals surface area (Å²) in [5.41, 5.74) is 2.58. The van der Waals surface area contributed by atoms with Crippen LogP contribution >= 0.6 is 15.9 Å². The van der Waals surface area contributed by atoms with Crippen LogP contribution in [0.1, 0.15) is 0 Å². The largest absolute Gasteiger partial charge is 0.401 e. The molecule has 0 aliphatic carbocycles. The molecule has 0 amide bonds. The topological polar surface area (TPSA) is 21.3 Å². The molecule has 0 aromatic rings. The number of hydrogen-bond acceptors (Lipinski definition) is 2. The van der Waals surface area contributed by atoms with Crippen molar-refractivity contribution in [3.63, 3.8) is 0 Å². The van der Waals surface area contributed by atoms with E-state index in [4.69, 9.17) is 0 Å². The lowest BCUT2D eigenvalue weighted by Gasteiger charge is -1.88. The van der Waals surface area contributed by atoms with Gasteiger partial charge in [0.05, 0.1) is 6.54 Å². The second-order valence-electron chi connectivity index (χ2n) is 0.874. The Morgan fingerprint density at radius 1 is 2.00 bits per heavy atom. The number of rotatable bonds is 0. The van der Waals surface area contributed by atoms with Crippen LogP contribution < -0.4 is 5.48 Å². The van der Waals surface area contributed by atoms with E-state index in [2.05, 4.69) is 32.3 Å². The van der Waals surface area contributed by atoms with Crippen molar-refractivity contribution in [2.75, 3.05) is 6.54 Å². The van der Waals surface area contributed by atoms with Crippen LogP contribution in [0.25, 0.3) is 0 Å². The molecule has 0 aromatic heterocycles. The first-order valence-electron chi connectivity index (χ1n) is 1.55. The van der Waals surface area contributed by atoms with Crippen LogP contribution in [-0.2, 0) is 4.84 Å². The Morgan fingerprint density at radius 2 is 2.83 bits per heavy atom. The summed E-state index contributed by atoms with van der Waals surface area (Å²) >= 11 is 3.06. The summed E-state index contributed by atoms with van der Waals surface area (Å²) in [6.45, 7) is 0.681. The van der Waals surface area contributed by atoms with Gasteiger partial charge in [-0.15, -0.1) is 0 Å². The number of hydroxylamine groups is 1. The quantitative estimate of drug-likeness (QED) is 0.543. The summed E-state index contributed by atoms with van der Waals surface area (Å²) in [6.07, 6.45) is 2.82. The highest BCUT2D eigenvalue weighted by molar-refractivity contribution is 9.11. The van der Waals surface area contributed by atoms with Crippen molar-refractivity contribution >= 4 is 15.9 Å². The van der Waals surface area contributed by atoms with Crippen LogP contribution in [0.5, 0.6) is 0 Å². The predicted octanol–water partition coefficient (Wildman–Crippen LogP) is 0.561. The molecule has 0 atom stereocenters. The second kappa shape index (κ2) is 1.62. The highest BCUT2D eigenvalue weighted by Crippen LogP contribution is 2.05. The minimum atomic E-state index is 0.655. The van der Waals surface area contributed by atoms with Crippen LogP contribution in [0, 0.1) is 6.08 Å². The van der Waals surface area contributed by atoms with Gasteiger partial charge in [0.2, 0.25) is 0 Å². The van der Waals surface area contributed by atoms with E-state index >= 15 is 0 Å². The molecule has 3 heteroatoms. The minimum Gasteiger partial charge on any atom is -0.401 e. The van der Waals surface area contributed by atoms with Crippen molar-refractivity contribution < 1.29 is 4.84 Å². The molecule has 0 aromatic carbocycles. The van der Waals surface area contributed by atoms with Crippen molar-refractivity contribution in [2.24, 2.45) is 0 Å². The summed E-state index contributed by atoms with van der Waals surface area (Å²) in [5, 5.41) is 0. The SMILES string of the molecule is BrC1=[C]CNO1. The number of nitrogens with one attached hydrogen (secondary N) is 1. The van der Waals surface area contributed by atoms with Crippen LogP contribution in [0.2, 0.25) is 0 Å². The fraction of sp³-hybridized carbons (Fsp3) is 0.333. The normalized spacial score (nSPS) is 19.8. The first-order valence-corrected chi connectivity index (χ1v) is 2.35. The third-order valence-corrected chi connectivity index (χ3v) is 0.904. The van der Waals surface area contributed by atoms with Gasteiger partial charge < -0.3 is 4.84 Å². The molecule has 1 rings (SSSR count). The molecule has 0 saturated heterocycles. The van der Waals surface area contributed by atoms with Crippen LogP contribution in [-0.4, -0.2) is 6.54 Å². The molecular formula is C3H3BrNO. The Labute approximate surface area is 44.3 Å². The first kappa shape index (κ1) is 4.15. The lowest BCUT2D eigenvalue weighted by molar-refractivity contribution is 0.162. The fourth-order valence-corrected chi connectivity index (χ4v) is 0.496. The fourth-order valence-electron chi connectivity index (χ4n) is 0.241. The van der Waals surface area contributed by atoms with E-state index in [0.717, 1.165) is 0 Å². The molecule has 0 unspecified atom stereocenters. The van der Waals surface area contributed by atoms with Gasteiger partial charge in [0, 0.05) is 6.08 Å². The molecule has 1 aliphatic heterocycles. The Hall–Kier alpha value is -0.0200. The van der Waals surface area contributed by atoms with Crippen molar-refractivity contribution in [1.82, 2.24) is 5.48 Å². The van der Waals surface area contributed by atoms with E-state index in [1.165, 1.54) is 0 Å². The van der Waals surface area contributed by atoms with Crippen LogP contribution in [0.3, 0.4) is 0 Å². The summed E-state index contributed by atoms with van der Waals surface area (Å²) in [7, 11) is 0. The standard InChI is InChI=1S/C3H3BrNO/c4-3-1-2-5-6-3/h5H,2H2. The number of hydrogen-bond donors (Lipinski definition) is 1. The van der Waals surface area contributed by atoms with Gasteiger partial charge in [-0.25, -0.2) is 0 Å². The smallest absolute Gasteiger partial charge is 0.194 e. The Kier molecular flexibility index (Phi) is 1.12. The molecule has 6 heavy (non-hydrogen) atoms. The molecule has 0 bridgehead atoms. The summed E-state index contributed by atoms with van der Waals surface area (Å²) < 4.78 is 0.655. The molecule has 1 aliphatic rings. The Morgan fingerprint density at radius 3 is 3.00 bits per heavy atom. The molecule has 1 radical (unpaired) electrons. The van der Waals surface area contributed by atoms with E-state index in [1.54, 1.807) is 0 Å². The zero-order valence-electron chi connectivity index (χ0n) is 2.99. The summed E-state index contributed by atoms with van der Waals surface area (Å²) in [4.78, 5) is 4.62. The Bertz CT molecular complexity index is 80.9. The van der Waals surface area contributed by atoms with Gasteiger partial charge in [0.1, 0.15) is 0 Å². The summed E-state index contributed by atoms with van der Waals surface area (Å²) in [5.74, 6) is 0. The van der Waals surface area contributed by atoms with Gasteiger partial charge in [-0.3, -0.25) is 0 Å². The van der Waals surface area contributed by atoms with Crippen LogP contribution in [0.4, 0.5) is 0 Å². The van der Waals surface area contributed by atoms with Crippen molar-refractivity contribution in [3.05, 3.63) is 10.7 Å². The molecule has 1 N–H and O–H groups in total. The zero-order valence-corrected chi connectivity index (χ0v) is 4.58. The van der Waals surface area contributed by atoms with Crippen LogP contribution in [0.15, 0.2) is 4.67 Å². The van der Waals surface area contributed by atoms with Gasteiger partial charge in [0.15, 0.2) is 4.67 Å². The van der Waals surface area contributed by atoms with Gasteiger partial charge in [-0.05, 0) is 15.9 Å². The van der Waals surface area contributed by atoms with Crippen molar-refractivity contribution in [3.8, 4) is 0 Å². The molecule has 0 fully saturated rings.